The van der Waals surface area contributed by atoms with Crippen molar-refractivity contribution in [2.45, 2.75) is 31.6 Å². The van der Waals surface area contributed by atoms with Gasteiger partial charge in [0.05, 0.1) is 0 Å². The SMILES string of the molecule is Cc1nc(Cl)nc(Nc2ccc(C(=O)NC(C)S(=O)(=O)C(C)OS(=O)(=O)O)cc2)n1. The molecule has 0 saturated heterocycles. The summed E-state index contributed by atoms with van der Waals surface area (Å²) in [4.78, 5) is 24.1. The summed E-state index contributed by atoms with van der Waals surface area (Å²) in [6.45, 7) is 3.70. The van der Waals surface area contributed by atoms with Gasteiger partial charge in [-0.05, 0) is 56.6 Å². The molecule has 1 aromatic heterocycles. The molecular weight excluding hydrogens is 462 g/mol. The third-order valence-electron chi connectivity index (χ3n) is 3.67. The molecule has 3 N–H and O–H groups in total. The van der Waals surface area contributed by atoms with Crippen LogP contribution in [0.25, 0.3) is 0 Å². The quantitative estimate of drug-likeness (QED) is 0.463. The number of nitrogens with zero attached hydrogens (tertiary/aromatic N) is 3. The summed E-state index contributed by atoms with van der Waals surface area (Å²) < 4.78 is 58.6. The van der Waals surface area contributed by atoms with Crippen molar-refractivity contribution in [1.29, 1.82) is 0 Å². The first-order valence-electron chi connectivity index (χ1n) is 8.22. The third-order valence-corrected chi connectivity index (χ3v) is 6.62. The normalized spacial score (nSPS) is 14.0. The zero-order chi connectivity index (χ0) is 22.7. The van der Waals surface area contributed by atoms with E-state index in [1.54, 1.807) is 6.92 Å². The van der Waals surface area contributed by atoms with Crippen molar-refractivity contribution >= 4 is 49.4 Å². The summed E-state index contributed by atoms with van der Waals surface area (Å²) >= 11 is 5.77. The van der Waals surface area contributed by atoms with E-state index >= 15 is 0 Å². The Morgan fingerprint density at radius 2 is 1.70 bits per heavy atom. The van der Waals surface area contributed by atoms with Crippen molar-refractivity contribution < 1.29 is 30.4 Å². The number of rotatable bonds is 8. The molecule has 2 rings (SSSR count). The third kappa shape index (κ3) is 6.56. The second kappa shape index (κ2) is 9.18. The van der Waals surface area contributed by atoms with E-state index in [0.717, 1.165) is 13.8 Å². The van der Waals surface area contributed by atoms with E-state index < -0.39 is 37.0 Å². The number of aryl methyl sites for hydroxylation is 1. The molecule has 0 aliphatic heterocycles. The van der Waals surface area contributed by atoms with Crippen LogP contribution in [0.15, 0.2) is 24.3 Å². The molecule has 0 fully saturated rings. The molecule has 1 amide bonds. The highest BCUT2D eigenvalue weighted by molar-refractivity contribution is 7.93. The fourth-order valence-electron chi connectivity index (χ4n) is 2.20. The zero-order valence-electron chi connectivity index (χ0n) is 15.9. The molecule has 0 spiro atoms. The molecule has 15 heteroatoms. The van der Waals surface area contributed by atoms with E-state index in [2.05, 4.69) is 29.8 Å². The van der Waals surface area contributed by atoms with Crippen LogP contribution in [0.5, 0.6) is 0 Å². The first-order valence-corrected chi connectivity index (χ1v) is 11.6. The first-order chi connectivity index (χ1) is 13.8. The summed E-state index contributed by atoms with van der Waals surface area (Å²) in [6.07, 6.45) is 0. The van der Waals surface area contributed by atoms with Crippen LogP contribution < -0.4 is 10.6 Å². The van der Waals surface area contributed by atoms with Crippen molar-refractivity contribution in [2.24, 2.45) is 0 Å². The number of anilines is 2. The predicted molar refractivity (Wildman–Crippen MR) is 107 cm³/mol. The zero-order valence-corrected chi connectivity index (χ0v) is 18.3. The van der Waals surface area contributed by atoms with E-state index in [1.165, 1.54) is 24.3 Å². The van der Waals surface area contributed by atoms with Gasteiger partial charge < -0.3 is 10.6 Å². The second-order valence-electron chi connectivity index (χ2n) is 5.97. The van der Waals surface area contributed by atoms with Crippen LogP contribution in [0.2, 0.25) is 5.28 Å². The highest BCUT2D eigenvalue weighted by Crippen LogP contribution is 2.16. The lowest BCUT2D eigenvalue weighted by molar-refractivity contribution is 0.0949. The Morgan fingerprint density at radius 3 is 2.23 bits per heavy atom. The monoisotopic (exact) mass is 479 g/mol. The van der Waals surface area contributed by atoms with Gasteiger partial charge in [-0.3, -0.25) is 9.35 Å². The van der Waals surface area contributed by atoms with E-state index in [-0.39, 0.29) is 16.8 Å². The largest absolute Gasteiger partial charge is 0.398 e. The topological polar surface area (TPSA) is 178 Å². The summed E-state index contributed by atoms with van der Waals surface area (Å²) in [5.41, 5.74) is -1.23. The number of aromatic nitrogens is 3. The highest BCUT2D eigenvalue weighted by atomic mass is 35.5. The molecule has 0 saturated carbocycles. The van der Waals surface area contributed by atoms with Crippen LogP contribution >= 0.6 is 11.6 Å². The maximum atomic E-state index is 12.3. The summed E-state index contributed by atoms with van der Waals surface area (Å²) in [7, 11) is -9.25. The Hall–Kier alpha value is -2.39. The van der Waals surface area contributed by atoms with Gasteiger partial charge in [0.15, 0.2) is 15.3 Å². The molecule has 0 aliphatic carbocycles. The van der Waals surface area contributed by atoms with Crippen molar-refractivity contribution in [1.82, 2.24) is 20.3 Å². The lowest BCUT2D eigenvalue weighted by Gasteiger charge is -2.19. The predicted octanol–water partition coefficient (Wildman–Crippen LogP) is 1.23. The maximum absolute atomic E-state index is 12.3. The van der Waals surface area contributed by atoms with Gasteiger partial charge >= 0.3 is 10.4 Å². The van der Waals surface area contributed by atoms with Crippen molar-refractivity contribution in [3.05, 3.63) is 40.9 Å². The molecule has 0 radical (unpaired) electrons. The van der Waals surface area contributed by atoms with E-state index in [4.69, 9.17) is 16.2 Å². The Kier molecular flexibility index (Phi) is 7.31. The highest BCUT2D eigenvalue weighted by Gasteiger charge is 2.33. The maximum Gasteiger partial charge on any atom is 0.398 e. The van der Waals surface area contributed by atoms with E-state index in [9.17, 15) is 21.6 Å². The standard InChI is InChI=1S/C15H18ClN5O7S2/c1-8-17-14(16)21-15(18-8)20-12-6-4-11(5-7-12)13(22)19-9(2)29(23,24)10(3)28-30(25,26)27/h4-7,9-10H,1-3H3,(H,19,22)(H,25,26,27)(H,17,18,20,21). The number of carbonyl (C=O) groups excluding carboxylic acids is 1. The van der Waals surface area contributed by atoms with Crippen molar-refractivity contribution in [3.63, 3.8) is 0 Å². The number of sulfone groups is 1. The molecule has 1 heterocycles. The summed E-state index contributed by atoms with van der Waals surface area (Å²) in [6, 6.07) is 5.91. The number of amides is 1. The number of halogens is 1. The molecule has 2 unspecified atom stereocenters. The Balaban J connectivity index is 2.06. The van der Waals surface area contributed by atoms with Gasteiger partial charge in [0, 0.05) is 11.3 Å². The molecule has 1 aromatic carbocycles. The number of benzene rings is 1. The molecule has 164 valence electrons. The van der Waals surface area contributed by atoms with Crippen LogP contribution in [-0.4, -0.2) is 53.1 Å². The molecule has 2 atom stereocenters. The number of nitrogens with one attached hydrogen (secondary N) is 2. The molecule has 0 bridgehead atoms. The molecule has 2 aromatic rings. The minimum Gasteiger partial charge on any atom is -0.336 e. The molecular formula is C15H18ClN5O7S2. The van der Waals surface area contributed by atoms with Gasteiger partial charge in [0.2, 0.25) is 11.2 Å². The van der Waals surface area contributed by atoms with Gasteiger partial charge in [-0.15, -0.1) is 0 Å². The van der Waals surface area contributed by atoms with Crippen LogP contribution in [-0.2, 0) is 24.4 Å². The van der Waals surface area contributed by atoms with Crippen LogP contribution in [0.1, 0.15) is 30.0 Å². The minimum atomic E-state index is -4.98. The number of carbonyl (C=O) groups is 1. The molecule has 0 aliphatic rings. The van der Waals surface area contributed by atoms with E-state index in [0.29, 0.717) is 11.5 Å². The lowest BCUT2D eigenvalue weighted by atomic mass is 10.2. The Morgan fingerprint density at radius 1 is 1.10 bits per heavy atom. The summed E-state index contributed by atoms with van der Waals surface area (Å²) in [5, 5.41) is 3.64. The molecule has 30 heavy (non-hydrogen) atoms. The number of hydrogen-bond acceptors (Lipinski definition) is 10. The minimum absolute atomic E-state index is 0.0170. The van der Waals surface area contributed by atoms with Crippen LogP contribution in [0.4, 0.5) is 11.6 Å². The fraction of sp³-hybridized carbons (Fsp3) is 0.333. The second-order valence-corrected chi connectivity index (χ2v) is 9.91. The van der Waals surface area contributed by atoms with E-state index in [1.807, 2.05) is 0 Å². The van der Waals surface area contributed by atoms with Gasteiger partial charge in [-0.1, -0.05) is 0 Å². The van der Waals surface area contributed by atoms with Crippen molar-refractivity contribution in [3.8, 4) is 0 Å². The average Bonchev–Trinajstić information content (AvgIpc) is 2.59. The van der Waals surface area contributed by atoms with Crippen LogP contribution in [0, 0.1) is 6.92 Å². The lowest BCUT2D eigenvalue weighted by Crippen LogP contribution is -2.43. The smallest absolute Gasteiger partial charge is 0.336 e. The van der Waals surface area contributed by atoms with Gasteiger partial charge in [-0.2, -0.15) is 18.4 Å². The number of hydrogen-bond donors (Lipinski definition) is 3. The van der Waals surface area contributed by atoms with Gasteiger partial charge in [0.1, 0.15) is 11.2 Å². The van der Waals surface area contributed by atoms with Crippen LogP contribution in [0.3, 0.4) is 0 Å². The molecule has 12 nitrogen and oxygen atoms in total. The average molecular weight is 480 g/mol. The Labute approximate surface area is 177 Å². The van der Waals surface area contributed by atoms with Crippen molar-refractivity contribution in [2.75, 3.05) is 5.32 Å². The Bertz CT molecular complexity index is 1120. The summed E-state index contributed by atoms with van der Waals surface area (Å²) in [5.74, 6) is -0.108. The first kappa shape index (κ1) is 23.9. The fourth-order valence-corrected chi connectivity index (χ4v) is 4.33. The van der Waals surface area contributed by atoms with Gasteiger partial charge in [-0.25, -0.2) is 17.6 Å². The van der Waals surface area contributed by atoms with Gasteiger partial charge in [0.25, 0.3) is 5.91 Å².